The standard InChI is InChI=1S/C9H12Cl2N2O/c1-3-4-5-13-6(2)7(10)12-8(11)9(13)14/h3-5H2,1-2H3. The quantitative estimate of drug-likeness (QED) is 0.807. The lowest BCUT2D eigenvalue weighted by molar-refractivity contribution is 0.594. The van der Waals surface area contributed by atoms with E-state index >= 15 is 0 Å². The van der Waals surface area contributed by atoms with Gasteiger partial charge in [-0.05, 0) is 13.3 Å². The summed E-state index contributed by atoms with van der Waals surface area (Å²) in [5.41, 5.74) is 0.413. The van der Waals surface area contributed by atoms with Crippen molar-refractivity contribution in [3.63, 3.8) is 0 Å². The molecule has 0 aromatic carbocycles. The highest BCUT2D eigenvalue weighted by Gasteiger charge is 2.09. The lowest BCUT2D eigenvalue weighted by atomic mass is 10.3. The van der Waals surface area contributed by atoms with Crippen molar-refractivity contribution in [1.29, 1.82) is 0 Å². The van der Waals surface area contributed by atoms with Gasteiger partial charge in [0.15, 0.2) is 5.15 Å². The molecule has 0 fully saturated rings. The largest absolute Gasteiger partial charge is 0.307 e. The summed E-state index contributed by atoms with van der Waals surface area (Å²) in [6, 6.07) is 0. The average Bonchev–Trinajstić information content (AvgIpc) is 2.15. The molecule has 0 saturated carbocycles. The Morgan fingerprint density at radius 3 is 2.57 bits per heavy atom. The number of nitrogens with zero attached hydrogens (tertiary/aromatic N) is 2. The van der Waals surface area contributed by atoms with Gasteiger partial charge in [0, 0.05) is 6.54 Å². The summed E-state index contributed by atoms with van der Waals surface area (Å²) in [4.78, 5) is 15.3. The second-order valence-electron chi connectivity index (χ2n) is 3.09. The van der Waals surface area contributed by atoms with Gasteiger partial charge in [-0.1, -0.05) is 36.5 Å². The molecule has 1 rings (SSSR count). The van der Waals surface area contributed by atoms with Crippen LogP contribution in [0.4, 0.5) is 0 Å². The Morgan fingerprint density at radius 1 is 1.36 bits per heavy atom. The Balaban J connectivity index is 3.18. The summed E-state index contributed by atoms with van der Waals surface area (Å²) in [5, 5.41) is 0.238. The van der Waals surface area contributed by atoms with Gasteiger partial charge in [0.05, 0.1) is 5.69 Å². The van der Waals surface area contributed by atoms with E-state index in [9.17, 15) is 4.79 Å². The maximum absolute atomic E-state index is 11.6. The van der Waals surface area contributed by atoms with Gasteiger partial charge in [0.1, 0.15) is 5.15 Å². The van der Waals surface area contributed by atoms with Gasteiger partial charge in [-0.25, -0.2) is 4.98 Å². The zero-order chi connectivity index (χ0) is 10.7. The molecule has 1 aromatic rings. The van der Waals surface area contributed by atoms with Crippen LogP contribution in [0.2, 0.25) is 10.3 Å². The zero-order valence-electron chi connectivity index (χ0n) is 8.18. The van der Waals surface area contributed by atoms with Gasteiger partial charge in [-0.2, -0.15) is 0 Å². The molecule has 14 heavy (non-hydrogen) atoms. The molecular formula is C9H12Cl2N2O. The van der Waals surface area contributed by atoms with Gasteiger partial charge < -0.3 is 4.57 Å². The van der Waals surface area contributed by atoms with E-state index in [1.54, 1.807) is 11.5 Å². The van der Waals surface area contributed by atoms with Gasteiger partial charge in [-0.3, -0.25) is 4.79 Å². The van der Waals surface area contributed by atoms with Crippen molar-refractivity contribution in [3.05, 3.63) is 26.4 Å². The second-order valence-corrected chi connectivity index (χ2v) is 3.81. The molecule has 0 unspecified atom stereocenters. The third-order valence-electron chi connectivity index (χ3n) is 2.06. The van der Waals surface area contributed by atoms with E-state index < -0.39 is 0 Å². The highest BCUT2D eigenvalue weighted by atomic mass is 35.5. The first-order chi connectivity index (χ1) is 6.57. The molecule has 0 radical (unpaired) electrons. The topological polar surface area (TPSA) is 34.9 Å². The van der Waals surface area contributed by atoms with E-state index in [-0.39, 0.29) is 10.7 Å². The van der Waals surface area contributed by atoms with Crippen LogP contribution in [0, 0.1) is 6.92 Å². The number of aromatic nitrogens is 2. The normalized spacial score (nSPS) is 10.6. The summed E-state index contributed by atoms with van der Waals surface area (Å²) in [7, 11) is 0. The highest BCUT2D eigenvalue weighted by molar-refractivity contribution is 6.32. The molecule has 0 N–H and O–H groups in total. The van der Waals surface area contributed by atoms with Crippen molar-refractivity contribution in [2.75, 3.05) is 0 Å². The van der Waals surface area contributed by atoms with Gasteiger partial charge in [-0.15, -0.1) is 0 Å². The second kappa shape index (κ2) is 4.80. The van der Waals surface area contributed by atoms with E-state index in [4.69, 9.17) is 23.2 Å². The number of hydrogen-bond acceptors (Lipinski definition) is 2. The minimum Gasteiger partial charge on any atom is -0.307 e. The average molecular weight is 235 g/mol. The van der Waals surface area contributed by atoms with Crippen molar-refractivity contribution in [2.24, 2.45) is 0 Å². The van der Waals surface area contributed by atoms with Crippen LogP contribution in [0.5, 0.6) is 0 Å². The smallest absolute Gasteiger partial charge is 0.288 e. The summed E-state index contributed by atoms with van der Waals surface area (Å²) in [6.07, 6.45) is 1.95. The first-order valence-electron chi connectivity index (χ1n) is 4.50. The molecule has 1 aromatic heterocycles. The first kappa shape index (κ1) is 11.5. The Labute approximate surface area is 92.7 Å². The number of rotatable bonds is 3. The molecule has 78 valence electrons. The minimum atomic E-state index is -0.262. The zero-order valence-corrected chi connectivity index (χ0v) is 9.69. The summed E-state index contributed by atoms with van der Waals surface area (Å²) in [6.45, 7) is 4.47. The first-order valence-corrected chi connectivity index (χ1v) is 5.26. The van der Waals surface area contributed by atoms with Crippen molar-refractivity contribution < 1.29 is 0 Å². The highest BCUT2D eigenvalue weighted by Crippen LogP contribution is 2.12. The third kappa shape index (κ3) is 2.28. The molecule has 0 aliphatic carbocycles. The summed E-state index contributed by atoms with van der Waals surface area (Å²) in [5.74, 6) is 0. The fourth-order valence-electron chi connectivity index (χ4n) is 1.18. The Bertz CT molecular complexity index is 387. The van der Waals surface area contributed by atoms with Crippen LogP contribution in [0.1, 0.15) is 25.5 Å². The van der Waals surface area contributed by atoms with Crippen molar-refractivity contribution in [3.8, 4) is 0 Å². The molecule has 0 spiro atoms. The number of hydrogen-bond donors (Lipinski definition) is 0. The summed E-state index contributed by atoms with van der Waals surface area (Å²) >= 11 is 11.5. The fourth-order valence-corrected chi connectivity index (χ4v) is 1.59. The van der Waals surface area contributed by atoms with Crippen LogP contribution in [0.25, 0.3) is 0 Å². The van der Waals surface area contributed by atoms with E-state index in [2.05, 4.69) is 11.9 Å². The van der Waals surface area contributed by atoms with Crippen molar-refractivity contribution in [2.45, 2.75) is 33.2 Å². The molecule has 0 amide bonds. The minimum absolute atomic E-state index is 0.0586. The Hall–Kier alpha value is -0.540. The van der Waals surface area contributed by atoms with Crippen LogP contribution in [-0.2, 0) is 6.54 Å². The SMILES string of the molecule is CCCCn1c(C)c(Cl)nc(Cl)c1=O. The molecule has 0 saturated heterocycles. The molecule has 1 heterocycles. The van der Waals surface area contributed by atoms with Crippen LogP contribution >= 0.6 is 23.2 Å². The molecule has 0 atom stereocenters. The van der Waals surface area contributed by atoms with Crippen LogP contribution in [0.3, 0.4) is 0 Å². The lowest BCUT2D eigenvalue weighted by Crippen LogP contribution is -2.24. The monoisotopic (exact) mass is 234 g/mol. The van der Waals surface area contributed by atoms with Crippen LogP contribution < -0.4 is 5.56 Å². The molecule has 5 heteroatoms. The van der Waals surface area contributed by atoms with Gasteiger partial charge in [0.2, 0.25) is 0 Å². The Kier molecular flexibility index (Phi) is 3.96. The molecule has 0 bridgehead atoms. The lowest BCUT2D eigenvalue weighted by Gasteiger charge is -2.09. The predicted molar refractivity (Wildman–Crippen MR) is 58.2 cm³/mol. The van der Waals surface area contributed by atoms with Crippen molar-refractivity contribution >= 4 is 23.2 Å². The van der Waals surface area contributed by atoms with E-state index in [0.717, 1.165) is 12.8 Å². The summed E-state index contributed by atoms with van der Waals surface area (Å²) < 4.78 is 1.57. The molecule has 3 nitrogen and oxygen atoms in total. The number of halogens is 2. The van der Waals surface area contributed by atoms with Crippen LogP contribution in [0.15, 0.2) is 4.79 Å². The maximum atomic E-state index is 11.6. The fraction of sp³-hybridized carbons (Fsp3) is 0.556. The maximum Gasteiger partial charge on any atom is 0.288 e. The predicted octanol–water partition coefficient (Wildman–Crippen LogP) is 2.66. The number of unbranched alkanes of at least 4 members (excludes halogenated alkanes) is 1. The Morgan fingerprint density at radius 2 is 2.00 bits per heavy atom. The van der Waals surface area contributed by atoms with Gasteiger partial charge in [0.25, 0.3) is 5.56 Å². The molecule has 0 aliphatic rings. The third-order valence-corrected chi connectivity index (χ3v) is 2.66. The molecule has 0 aliphatic heterocycles. The van der Waals surface area contributed by atoms with Crippen LogP contribution in [-0.4, -0.2) is 9.55 Å². The van der Waals surface area contributed by atoms with E-state index in [1.165, 1.54) is 0 Å². The van der Waals surface area contributed by atoms with Crippen molar-refractivity contribution in [1.82, 2.24) is 9.55 Å². The van der Waals surface area contributed by atoms with E-state index in [0.29, 0.717) is 17.4 Å². The molecular weight excluding hydrogens is 223 g/mol. The van der Waals surface area contributed by atoms with E-state index in [1.807, 2.05) is 0 Å². The van der Waals surface area contributed by atoms with Gasteiger partial charge >= 0.3 is 0 Å².